The van der Waals surface area contributed by atoms with Crippen molar-refractivity contribution in [3.05, 3.63) is 61.2 Å². The van der Waals surface area contributed by atoms with Gasteiger partial charge in [0.15, 0.2) is 0 Å². The number of para-hydroxylation sites is 4. The van der Waals surface area contributed by atoms with Crippen LogP contribution in [0.3, 0.4) is 0 Å². The van der Waals surface area contributed by atoms with Gasteiger partial charge >= 0.3 is 0 Å². The van der Waals surface area contributed by atoms with E-state index in [9.17, 15) is 0 Å². The van der Waals surface area contributed by atoms with Gasteiger partial charge in [-0.25, -0.2) is 9.97 Å². The molecule has 4 nitrogen and oxygen atoms in total. The van der Waals surface area contributed by atoms with Crippen molar-refractivity contribution >= 4 is 22.1 Å². The number of aromatic amines is 2. The fraction of sp³-hybridized carbons (Fsp3) is 0. The lowest BCUT2D eigenvalue weighted by molar-refractivity contribution is 1.34. The zero-order valence-corrected chi connectivity index (χ0v) is 12.0. The summed E-state index contributed by atoms with van der Waals surface area (Å²) in [6.45, 7) is 0. The van der Waals surface area contributed by atoms with E-state index in [1.54, 1.807) is 12.7 Å². The number of fused-ring (bicyclic) bond motifs is 2. The summed E-state index contributed by atoms with van der Waals surface area (Å²) in [5, 5.41) is 0. The zero-order valence-electron chi connectivity index (χ0n) is 12.0. The number of H-pyrrole nitrogens is 2. The molecular formula is C18H16N4. The summed E-state index contributed by atoms with van der Waals surface area (Å²) in [4.78, 5) is 14.1. The van der Waals surface area contributed by atoms with Crippen LogP contribution in [0.1, 0.15) is 0 Å². The van der Waals surface area contributed by atoms with Gasteiger partial charge in [0.2, 0.25) is 0 Å². The van der Waals surface area contributed by atoms with Crippen LogP contribution >= 0.6 is 0 Å². The van der Waals surface area contributed by atoms with Crippen molar-refractivity contribution < 1.29 is 0 Å². The van der Waals surface area contributed by atoms with E-state index in [0.717, 1.165) is 22.1 Å². The summed E-state index contributed by atoms with van der Waals surface area (Å²) >= 11 is 0. The van der Waals surface area contributed by atoms with E-state index >= 15 is 0 Å². The highest BCUT2D eigenvalue weighted by atomic mass is 14.9. The summed E-state index contributed by atoms with van der Waals surface area (Å²) in [6.07, 6.45) is 19.4. The second kappa shape index (κ2) is 9.41. The molecule has 0 aliphatic rings. The number of terminal acetylenes is 2. The second-order valence-electron chi connectivity index (χ2n) is 3.84. The molecule has 0 saturated heterocycles. The Bertz CT molecular complexity index is 704. The van der Waals surface area contributed by atoms with Crippen molar-refractivity contribution in [1.82, 2.24) is 19.9 Å². The quantitative estimate of drug-likeness (QED) is 0.485. The molecule has 0 fully saturated rings. The number of hydrogen-bond donors (Lipinski definition) is 2. The number of hydrogen-bond acceptors (Lipinski definition) is 2. The zero-order chi connectivity index (χ0) is 16.2. The van der Waals surface area contributed by atoms with Crippen LogP contribution in [-0.2, 0) is 0 Å². The molecule has 0 aliphatic heterocycles. The van der Waals surface area contributed by atoms with Gasteiger partial charge in [0.05, 0.1) is 34.7 Å². The lowest BCUT2D eigenvalue weighted by Gasteiger charge is -1.81. The van der Waals surface area contributed by atoms with Gasteiger partial charge in [0, 0.05) is 0 Å². The summed E-state index contributed by atoms with van der Waals surface area (Å²) in [5.74, 6) is 0. The van der Waals surface area contributed by atoms with Crippen molar-refractivity contribution in [3.63, 3.8) is 0 Å². The normalized spacial score (nSPS) is 8.55. The first-order valence-electron chi connectivity index (χ1n) is 6.36. The lowest BCUT2D eigenvalue weighted by Crippen LogP contribution is -1.63. The van der Waals surface area contributed by atoms with E-state index in [1.165, 1.54) is 0 Å². The van der Waals surface area contributed by atoms with Crippen LogP contribution in [0.2, 0.25) is 0 Å². The van der Waals surface area contributed by atoms with Crippen molar-refractivity contribution in [2.24, 2.45) is 0 Å². The molecule has 0 atom stereocenters. The van der Waals surface area contributed by atoms with Crippen molar-refractivity contribution in [3.8, 4) is 25.7 Å². The van der Waals surface area contributed by atoms with Crippen LogP contribution in [0.4, 0.5) is 0 Å². The predicted octanol–water partition coefficient (Wildman–Crippen LogP) is 3.62. The summed E-state index contributed by atoms with van der Waals surface area (Å²) in [7, 11) is 0. The highest BCUT2D eigenvalue weighted by molar-refractivity contribution is 5.74. The van der Waals surface area contributed by atoms with E-state index in [0.29, 0.717) is 0 Å². The fourth-order valence-electron chi connectivity index (χ4n) is 1.76. The third kappa shape index (κ3) is 4.26. The van der Waals surface area contributed by atoms with Crippen LogP contribution < -0.4 is 0 Å². The summed E-state index contributed by atoms with van der Waals surface area (Å²) in [6, 6.07) is 15.9. The van der Waals surface area contributed by atoms with Crippen molar-refractivity contribution in [2.45, 2.75) is 0 Å². The SMILES string of the molecule is C#C.C#C.c1ccc2[nH]cnc2c1.c1ccc2[nH]cnc2c1. The number of imidazole rings is 2. The van der Waals surface area contributed by atoms with Crippen LogP contribution in [-0.4, -0.2) is 19.9 Å². The first-order chi connectivity index (χ1) is 10.9. The highest BCUT2D eigenvalue weighted by Gasteiger charge is 1.89. The minimum absolute atomic E-state index is 1.03. The molecule has 0 unspecified atom stereocenters. The Balaban J connectivity index is 0.000000180. The number of aromatic nitrogens is 4. The lowest BCUT2D eigenvalue weighted by atomic mass is 10.3. The largest absolute Gasteiger partial charge is 0.345 e. The first-order valence-corrected chi connectivity index (χ1v) is 6.36. The van der Waals surface area contributed by atoms with Gasteiger partial charge in [-0.15, -0.1) is 25.7 Å². The number of rotatable bonds is 0. The van der Waals surface area contributed by atoms with Crippen LogP contribution in [0, 0.1) is 25.7 Å². The topological polar surface area (TPSA) is 57.4 Å². The van der Waals surface area contributed by atoms with Gasteiger partial charge in [-0.2, -0.15) is 0 Å². The Labute approximate surface area is 129 Å². The molecule has 2 aromatic carbocycles. The van der Waals surface area contributed by atoms with Gasteiger partial charge in [-0.05, 0) is 24.3 Å². The summed E-state index contributed by atoms with van der Waals surface area (Å²) < 4.78 is 0. The third-order valence-corrected chi connectivity index (χ3v) is 2.66. The van der Waals surface area contributed by atoms with Crippen LogP contribution in [0.25, 0.3) is 22.1 Å². The maximum absolute atomic E-state index is 4.06. The molecule has 22 heavy (non-hydrogen) atoms. The van der Waals surface area contributed by atoms with E-state index in [-0.39, 0.29) is 0 Å². The number of nitrogens with one attached hydrogen (secondary N) is 2. The molecule has 0 saturated carbocycles. The molecule has 2 N–H and O–H groups in total. The minimum atomic E-state index is 1.03. The monoisotopic (exact) mass is 288 g/mol. The first kappa shape index (κ1) is 16.6. The van der Waals surface area contributed by atoms with Crippen LogP contribution in [0.15, 0.2) is 61.2 Å². The Morgan fingerprint density at radius 2 is 0.955 bits per heavy atom. The Hall–Kier alpha value is -3.50. The number of nitrogens with zero attached hydrogens (tertiary/aromatic N) is 2. The van der Waals surface area contributed by atoms with Crippen molar-refractivity contribution in [1.29, 1.82) is 0 Å². The predicted molar refractivity (Wildman–Crippen MR) is 92.0 cm³/mol. The standard InChI is InChI=1S/2C7H6N2.2C2H2/c2*1-2-4-7-6(3-1)8-5-9-7;2*1-2/h2*1-5H,(H,8,9);2*1-2H. The third-order valence-electron chi connectivity index (χ3n) is 2.66. The van der Waals surface area contributed by atoms with Gasteiger partial charge < -0.3 is 9.97 Å². The molecule has 108 valence electrons. The van der Waals surface area contributed by atoms with E-state index in [2.05, 4.69) is 45.6 Å². The Morgan fingerprint density at radius 1 is 0.591 bits per heavy atom. The molecule has 4 aromatic rings. The van der Waals surface area contributed by atoms with E-state index in [4.69, 9.17) is 0 Å². The molecule has 4 heteroatoms. The van der Waals surface area contributed by atoms with Gasteiger partial charge in [-0.1, -0.05) is 24.3 Å². The highest BCUT2D eigenvalue weighted by Crippen LogP contribution is 2.06. The molecule has 0 bridgehead atoms. The molecule has 4 rings (SSSR count). The average molecular weight is 288 g/mol. The Morgan fingerprint density at radius 3 is 1.32 bits per heavy atom. The molecular weight excluding hydrogens is 272 g/mol. The van der Waals surface area contributed by atoms with Gasteiger partial charge in [0.25, 0.3) is 0 Å². The number of benzene rings is 2. The van der Waals surface area contributed by atoms with Crippen molar-refractivity contribution in [2.75, 3.05) is 0 Å². The van der Waals surface area contributed by atoms with Gasteiger partial charge in [-0.3, -0.25) is 0 Å². The van der Waals surface area contributed by atoms with E-state index in [1.807, 2.05) is 48.5 Å². The maximum atomic E-state index is 4.06. The van der Waals surface area contributed by atoms with Gasteiger partial charge in [0.1, 0.15) is 0 Å². The molecule has 2 aromatic heterocycles. The average Bonchev–Trinajstić information content (AvgIpc) is 3.28. The summed E-state index contributed by atoms with van der Waals surface area (Å²) in [5.41, 5.74) is 4.24. The molecule has 0 aliphatic carbocycles. The van der Waals surface area contributed by atoms with E-state index < -0.39 is 0 Å². The minimum Gasteiger partial charge on any atom is -0.345 e. The smallest absolute Gasteiger partial charge is 0.0931 e. The molecule has 2 heterocycles. The van der Waals surface area contributed by atoms with Crippen LogP contribution in [0.5, 0.6) is 0 Å². The fourth-order valence-corrected chi connectivity index (χ4v) is 1.76. The molecule has 0 amide bonds. The molecule has 0 radical (unpaired) electrons. The molecule has 0 spiro atoms. The Kier molecular flexibility index (Phi) is 7.08. The second-order valence-corrected chi connectivity index (χ2v) is 3.84. The maximum Gasteiger partial charge on any atom is 0.0931 e.